The second kappa shape index (κ2) is 7.72. The zero-order chi connectivity index (χ0) is 18.7. The van der Waals surface area contributed by atoms with Crippen molar-refractivity contribution in [3.63, 3.8) is 0 Å². The molecule has 1 saturated heterocycles. The number of nitrogens with zero attached hydrogens (tertiary/aromatic N) is 3. The number of rotatable bonds is 4. The van der Waals surface area contributed by atoms with E-state index in [2.05, 4.69) is 15.2 Å². The maximum Gasteiger partial charge on any atom is 0.255 e. The van der Waals surface area contributed by atoms with Crippen LogP contribution in [0.1, 0.15) is 36.1 Å². The molecule has 26 heavy (non-hydrogen) atoms. The quantitative estimate of drug-likeness (QED) is 0.917. The van der Waals surface area contributed by atoms with E-state index in [1.165, 1.54) is 17.1 Å². The van der Waals surface area contributed by atoms with Gasteiger partial charge in [-0.2, -0.15) is 0 Å². The van der Waals surface area contributed by atoms with Crippen molar-refractivity contribution in [1.82, 2.24) is 9.55 Å². The molecule has 1 N–H and O–H groups in total. The number of carbonyl (C=O) groups is 1. The Bertz CT molecular complexity index is 867. The maximum atomic E-state index is 12.6. The minimum atomic E-state index is -0.218. The first kappa shape index (κ1) is 18.2. The van der Waals surface area contributed by atoms with Crippen LogP contribution in [0.25, 0.3) is 0 Å². The van der Waals surface area contributed by atoms with Crippen molar-refractivity contribution in [2.45, 2.75) is 46.6 Å². The van der Waals surface area contributed by atoms with Crippen molar-refractivity contribution < 1.29 is 4.79 Å². The van der Waals surface area contributed by atoms with E-state index < -0.39 is 0 Å². The Kier molecular flexibility index (Phi) is 5.40. The number of aryl methyl sites for hydroxylation is 2. The molecule has 0 spiro atoms. The molecule has 0 atom stereocenters. The summed E-state index contributed by atoms with van der Waals surface area (Å²) in [6, 6.07) is 7.28. The third-order valence-electron chi connectivity index (χ3n) is 4.94. The number of benzene rings is 1. The molecule has 138 valence electrons. The molecule has 6 heteroatoms. The Balaban J connectivity index is 1.85. The Labute approximate surface area is 153 Å². The highest BCUT2D eigenvalue weighted by Gasteiger charge is 2.19. The van der Waals surface area contributed by atoms with Crippen LogP contribution in [-0.4, -0.2) is 28.5 Å². The van der Waals surface area contributed by atoms with Crippen LogP contribution in [0.2, 0.25) is 0 Å². The highest BCUT2D eigenvalue weighted by Crippen LogP contribution is 2.19. The van der Waals surface area contributed by atoms with Crippen molar-refractivity contribution >= 4 is 17.5 Å². The van der Waals surface area contributed by atoms with Gasteiger partial charge in [-0.3, -0.25) is 14.2 Å². The normalized spacial score (nSPS) is 14.3. The molecule has 1 aliphatic rings. The summed E-state index contributed by atoms with van der Waals surface area (Å²) in [7, 11) is 0. The van der Waals surface area contributed by atoms with Crippen molar-refractivity contribution in [3.8, 4) is 0 Å². The Morgan fingerprint density at radius 3 is 2.62 bits per heavy atom. The molecule has 1 fully saturated rings. The van der Waals surface area contributed by atoms with Crippen LogP contribution in [-0.2, 0) is 11.3 Å². The highest BCUT2D eigenvalue weighted by molar-refractivity contribution is 5.91. The Morgan fingerprint density at radius 2 is 1.88 bits per heavy atom. The topological polar surface area (TPSA) is 67.2 Å². The molecule has 6 nitrogen and oxygen atoms in total. The van der Waals surface area contributed by atoms with Gasteiger partial charge in [0.15, 0.2) is 0 Å². The molecule has 0 saturated carbocycles. The molecule has 0 aliphatic carbocycles. The fraction of sp³-hybridized carbons (Fsp3) is 0.450. The van der Waals surface area contributed by atoms with E-state index in [4.69, 9.17) is 0 Å². The first-order chi connectivity index (χ1) is 12.5. The van der Waals surface area contributed by atoms with Gasteiger partial charge < -0.3 is 10.2 Å². The lowest BCUT2D eigenvalue weighted by Gasteiger charge is -2.29. The summed E-state index contributed by atoms with van der Waals surface area (Å²) in [6.07, 6.45) is 3.36. The van der Waals surface area contributed by atoms with E-state index in [0.29, 0.717) is 11.6 Å². The number of piperidine rings is 1. The lowest BCUT2D eigenvalue weighted by Crippen LogP contribution is -2.38. The minimum absolute atomic E-state index is 0.0364. The van der Waals surface area contributed by atoms with Gasteiger partial charge >= 0.3 is 0 Å². The predicted molar refractivity (Wildman–Crippen MR) is 104 cm³/mol. The summed E-state index contributed by atoms with van der Waals surface area (Å²) in [5.41, 5.74) is 3.43. The van der Waals surface area contributed by atoms with Gasteiger partial charge in [0.25, 0.3) is 5.56 Å². The Hall–Kier alpha value is -2.63. The second-order valence-corrected chi connectivity index (χ2v) is 6.97. The van der Waals surface area contributed by atoms with Crippen LogP contribution < -0.4 is 15.8 Å². The summed E-state index contributed by atoms with van der Waals surface area (Å²) in [5.74, 6) is 0.385. The minimum Gasteiger partial charge on any atom is -0.342 e. The lowest BCUT2D eigenvalue weighted by molar-refractivity contribution is -0.116. The summed E-state index contributed by atoms with van der Waals surface area (Å²) in [6.45, 7) is 7.50. The van der Waals surface area contributed by atoms with Crippen LogP contribution in [0.5, 0.6) is 0 Å². The molecule has 2 aromatic rings. The monoisotopic (exact) mass is 354 g/mol. The van der Waals surface area contributed by atoms with Gasteiger partial charge in [0.2, 0.25) is 11.9 Å². The second-order valence-electron chi connectivity index (χ2n) is 6.97. The molecule has 0 radical (unpaired) electrons. The molecule has 1 amide bonds. The van der Waals surface area contributed by atoms with Gasteiger partial charge in [0.1, 0.15) is 6.54 Å². The van der Waals surface area contributed by atoms with E-state index in [1.807, 2.05) is 39.0 Å². The van der Waals surface area contributed by atoms with Gasteiger partial charge in [-0.1, -0.05) is 12.1 Å². The van der Waals surface area contributed by atoms with Gasteiger partial charge in [-0.15, -0.1) is 0 Å². The van der Waals surface area contributed by atoms with Crippen LogP contribution >= 0.6 is 0 Å². The highest BCUT2D eigenvalue weighted by atomic mass is 16.2. The summed E-state index contributed by atoms with van der Waals surface area (Å²) in [5, 5.41) is 2.93. The van der Waals surface area contributed by atoms with Crippen molar-refractivity contribution in [2.75, 3.05) is 23.3 Å². The average molecular weight is 354 g/mol. The average Bonchev–Trinajstić information content (AvgIpc) is 2.62. The van der Waals surface area contributed by atoms with Gasteiger partial charge in [0.05, 0.1) is 0 Å². The number of nitrogens with one attached hydrogen (secondary N) is 1. The van der Waals surface area contributed by atoms with Crippen LogP contribution in [0.4, 0.5) is 11.6 Å². The van der Waals surface area contributed by atoms with Gasteiger partial charge in [0, 0.05) is 30.5 Å². The van der Waals surface area contributed by atoms with Gasteiger partial charge in [-0.25, -0.2) is 4.98 Å². The number of hydrogen-bond donors (Lipinski definition) is 1. The summed E-state index contributed by atoms with van der Waals surface area (Å²) >= 11 is 0. The fourth-order valence-electron chi connectivity index (χ4n) is 3.31. The molecule has 2 heterocycles. The van der Waals surface area contributed by atoms with Crippen molar-refractivity contribution in [2.24, 2.45) is 0 Å². The van der Waals surface area contributed by atoms with E-state index in [9.17, 15) is 9.59 Å². The summed E-state index contributed by atoms with van der Waals surface area (Å²) < 4.78 is 1.48. The lowest BCUT2D eigenvalue weighted by atomic mass is 10.1. The molecule has 1 aromatic carbocycles. The zero-order valence-corrected chi connectivity index (χ0v) is 15.7. The number of amides is 1. The summed E-state index contributed by atoms with van der Waals surface area (Å²) in [4.78, 5) is 31.8. The van der Waals surface area contributed by atoms with E-state index in [0.717, 1.165) is 42.7 Å². The van der Waals surface area contributed by atoms with Crippen molar-refractivity contribution in [3.05, 3.63) is 51.4 Å². The first-order valence-electron chi connectivity index (χ1n) is 9.15. The molecule has 0 unspecified atom stereocenters. The van der Waals surface area contributed by atoms with E-state index in [1.54, 1.807) is 0 Å². The first-order valence-corrected chi connectivity index (χ1v) is 9.15. The standard InChI is InChI=1S/C20H26N4O2/c1-14-8-7-9-17(16(14)3)22-18(25)13-24-19(26)12-15(2)21-20(24)23-10-5-4-6-11-23/h7-9,12H,4-6,10-11,13H2,1-3H3,(H,22,25). The number of hydrogen-bond acceptors (Lipinski definition) is 4. The molecule has 1 aromatic heterocycles. The largest absolute Gasteiger partial charge is 0.342 e. The smallest absolute Gasteiger partial charge is 0.255 e. The predicted octanol–water partition coefficient (Wildman–Crippen LogP) is 2.80. The molecular formula is C20H26N4O2. The molecule has 3 rings (SSSR count). The van der Waals surface area contributed by atoms with E-state index >= 15 is 0 Å². The van der Waals surface area contributed by atoms with Crippen molar-refractivity contribution in [1.29, 1.82) is 0 Å². The number of carbonyl (C=O) groups excluding carboxylic acids is 1. The maximum absolute atomic E-state index is 12.6. The van der Waals surface area contributed by atoms with Crippen LogP contribution in [0, 0.1) is 20.8 Å². The van der Waals surface area contributed by atoms with Gasteiger partial charge in [-0.05, 0) is 57.2 Å². The van der Waals surface area contributed by atoms with Crippen LogP contribution in [0.15, 0.2) is 29.1 Å². The fourth-order valence-corrected chi connectivity index (χ4v) is 3.31. The molecule has 0 bridgehead atoms. The molecular weight excluding hydrogens is 328 g/mol. The zero-order valence-electron chi connectivity index (χ0n) is 15.7. The van der Waals surface area contributed by atoms with E-state index in [-0.39, 0.29) is 18.0 Å². The Morgan fingerprint density at radius 1 is 1.15 bits per heavy atom. The SMILES string of the molecule is Cc1cc(=O)n(CC(=O)Nc2cccc(C)c2C)c(N2CCCCC2)n1. The number of aromatic nitrogens is 2. The van der Waals surface area contributed by atoms with Crippen LogP contribution in [0.3, 0.4) is 0 Å². The third kappa shape index (κ3) is 3.95. The molecule has 1 aliphatic heterocycles. The number of anilines is 2. The third-order valence-corrected chi connectivity index (χ3v) is 4.94.